The van der Waals surface area contributed by atoms with Crippen molar-refractivity contribution in [3.05, 3.63) is 75.3 Å². The Hall–Kier alpha value is -2.72. The first-order valence-corrected chi connectivity index (χ1v) is 7.84. The van der Waals surface area contributed by atoms with E-state index in [0.29, 0.717) is 28.8 Å². The van der Waals surface area contributed by atoms with Gasteiger partial charge in [0.05, 0.1) is 10.9 Å². The van der Waals surface area contributed by atoms with Gasteiger partial charge in [0.15, 0.2) is 0 Å². The Morgan fingerprint density at radius 3 is 2.62 bits per heavy atom. The smallest absolute Gasteiger partial charge is 0.335 e. The average molecular weight is 340 g/mol. The molecule has 1 N–H and O–H groups in total. The summed E-state index contributed by atoms with van der Waals surface area (Å²) in [5.41, 5.74) is 1.88. The molecule has 0 atom stereocenters. The first-order valence-electron chi connectivity index (χ1n) is 7.46. The molecule has 0 unspecified atom stereocenters. The minimum Gasteiger partial charge on any atom is -0.478 e. The summed E-state index contributed by atoms with van der Waals surface area (Å²) in [5, 5.41) is 10.9. The molecule has 0 bridgehead atoms. The summed E-state index contributed by atoms with van der Waals surface area (Å²) in [5.74, 6) is -1.14. The van der Waals surface area contributed by atoms with Gasteiger partial charge in [0.1, 0.15) is 0 Å². The van der Waals surface area contributed by atoms with E-state index >= 15 is 0 Å². The van der Waals surface area contributed by atoms with Crippen molar-refractivity contribution in [2.75, 3.05) is 0 Å². The summed E-state index contributed by atoms with van der Waals surface area (Å²) in [6.07, 6.45) is 5.16. The van der Waals surface area contributed by atoms with Crippen LogP contribution >= 0.6 is 11.6 Å². The van der Waals surface area contributed by atoms with Gasteiger partial charge in [-0.25, -0.2) is 9.79 Å². The molecule has 0 radical (unpaired) electrons. The van der Waals surface area contributed by atoms with Crippen LogP contribution in [0.2, 0.25) is 5.02 Å². The molecule has 2 aromatic carbocycles. The first-order chi connectivity index (χ1) is 11.5. The number of halogens is 1. The highest BCUT2D eigenvalue weighted by molar-refractivity contribution is 6.30. The Morgan fingerprint density at radius 2 is 1.92 bits per heavy atom. The molecule has 1 heterocycles. The molecule has 1 aliphatic heterocycles. The zero-order chi connectivity index (χ0) is 17.1. The van der Waals surface area contributed by atoms with Gasteiger partial charge in [0, 0.05) is 15.8 Å². The van der Waals surface area contributed by atoms with Gasteiger partial charge in [-0.1, -0.05) is 42.0 Å². The lowest BCUT2D eigenvalue weighted by atomic mass is 10.1. The molecule has 120 valence electrons. The number of carbonyl (C=O) groups is 2. The van der Waals surface area contributed by atoms with Gasteiger partial charge in [0.2, 0.25) is 0 Å². The Kier molecular flexibility index (Phi) is 4.58. The molecule has 3 rings (SSSR count). The highest BCUT2D eigenvalue weighted by Crippen LogP contribution is 2.13. The van der Waals surface area contributed by atoms with Crippen LogP contribution in [0.4, 0.5) is 0 Å². The third-order valence-electron chi connectivity index (χ3n) is 3.79. The van der Waals surface area contributed by atoms with E-state index in [4.69, 9.17) is 16.7 Å². The van der Waals surface area contributed by atoms with Gasteiger partial charge in [0.25, 0.3) is 5.91 Å². The molecule has 0 saturated carbocycles. The summed E-state index contributed by atoms with van der Waals surface area (Å²) in [7, 11) is 0. The molecule has 2 aromatic rings. The van der Waals surface area contributed by atoms with E-state index in [1.807, 2.05) is 18.2 Å². The molecular weight excluding hydrogens is 326 g/mol. The maximum absolute atomic E-state index is 12.0. The number of hydrogen-bond donors (Lipinski definition) is 1. The largest absolute Gasteiger partial charge is 0.478 e. The highest BCUT2D eigenvalue weighted by Gasteiger charge is 2.15. The highest BCUT2D eigenvalue weighted by atomic mass is 35.5. The van der Waals surface area contributed by atoms with Crippen LogP contribution in [0.3, 0.4) is 0 Å². The van der Waals surface area contributed by atoms with E-state index in [-0.39, 0.29) is 11.5 Å². The minimum atomic E-state index is -0.941. The predicted molar refractivity (Wildman–Crippen MR) is 92.3 cm³/mol. The molecule has 0 spiro atoms. The van der Waals surface area contributed by atoms with Crippen molar-refractivity contribution in [1.82, 2.24) is 0 Å². The standard InChI is InChI=1S/C19H14ClNO3/c20-14-9-10-15-16(18(22)21-17(15)11-14)4-2-1-3-12-5-7-13(8-6-12)19(23)24/h1,3,5-11H,2,4H2,(H,23,24)/b3-1+. The minimum absolute atomic E-state index is 0.202. The van der Waals surface area contributed by atoms with Crippen LogP contribution < -0.4 is 10.6 Å². The maximum atomic E-state index is 12.0. The zero-order valence-electron chi connectivity index (χ0n) is 12.7. The first kappa shape index (κ1) is 16.1. The fraction of sp³-hybridized carbons (Fsp3) is 0.105. The van der Waals surface area contributed by atoms with E-state index in [0.717, 1.165) is 10.8 Å². The number of hydrogen-bond acceptors (Lipinski definition) is 2. The molecule has 0 aromatic heterocycles. The zero-order valence-corrected chi connectivity index (χ0v) is 13.5. The van der Waals surface area contributed by atoms with Gasteiger partial charge < -0.3 is 5.11 Å². The fourth-order valence-corrected chi connectivity index (χ4v) is 2.74. The normalized spacial score (nSPS) is 13.2. The van der Waals surface area contributed by atoms with Gasteiger partial charge in [-0.15, -0.1) is 0 Å². The number of carboxylic acid groups (broad SMARTS) is 1. The number of carbonyl (C=O) groups excluding carboxylic acids is 1. The van der Waals surface area contributed by atoms with Crippen molar-refractivity contribution in [3.8, 4) is 0 Å². The molecule has 4 nitrogen and oxygen atoms in total. The van der Waals surface area contributed by atoms with Crippen LogP contribution in [0.5, 0.6) is 0 Å². The van der Waals surface area contributed by atoms with Crippen molar-refractivity contribution in [3.63, 3.8) is 0 Å². The lowest BCUT2D eigenvalue weighted by Crippen LogP contribution is -2.22. The Balaban J connectivity index is 1.69. The van der Waals surface area contributed by atoms with Gasteiger partial charge in [-0.3, -0.25) is 4.79 Å². The number of nitrogens with zero attached hydrogens (tertiary/aromatic N) is 1. The lowest BCUT2D eigenvalue weighted by Gasteiger charge is -1.98. The fourth-order valence-electron chi connectivity index (χ4n) is 2.57. The molecule has 0 aliphatic carbocycles. The third kappa shape index (κ3) is 3.44. The van der Waals surface area contributed by atoms with Crippen LogP contribution in [0.25, 0.3) is 11.6 Å². The molecular formula is C19H14ClNO3. The van der Waals surface area contributed by atoms with Crippen molar-refractivity contribution in [2.45, 2.75) is 12.8 Å². The maximum Gasteiger partial charge on any atom is 0.335 e. The number of carboxylic acids is 1. The second-order valence-electron chi connectivity index (χ2n) is 5.43. The van der Waals surface area contributed by atoms with Crippen molar-refractivity contribution in [2.24, 2.45) is 4.99 Å². The summed E-state index contributed by atoms with van der Waals surface area (Å²) < 4.78 is 0. The van der Waals surface area contributed by atoms with E-state index in [2.05, 4.69) is 4.99 Å². The van der Waals surface area contributed by atoms with Crippen LogP contribution in [0, 0.1) is 0 Å². The number of amides is 1. The molecule has 1 amide bonds. The number of benzene rings is 2. The van der Waals surface area contributed by atoms with Crippen LogP contribution in [0.1, 0.15) is 28.8 Å². The lowest BCUT2D eigenvalue weighted by molar-refractivity contribution is -0.112. The third-order valence-corrected chi connectivity index (χ3v) is 4.03. The number of aromatic carboxylic acids is 1. The van der Waals surface area contributed by atoms with E-state index < -0.39 is 5.97 Å². The average Bonchev–Trinajstić information content (AvgIpc) is 2.86. The Bertz CT molecular complexity index is 959. The summed E-state index contributed by atoms with van der Waals surface area (Å²) in [6.45, 7) is 0. The molecule has 5 heteroatoms. The molecule has 24 heavy (non-hydrogen) atoms. The molecule has 0 fully saturated rings. The molecule has 0 saturated heterocycles. The quantitative estimate of drug-likeness (QED) is 0.910. The summed E-state index contributed by atoms with van der Waals surface area (Å²) >= 11 is 5.92. The molecule has 1 aliphatic rings. The van der Waals surface area contributed by atoms with Crippen molar-refractivity contribution >= 4 is 35.1 Å². The summed E-state index contributed by atoms with van der Waals surface area (Å²) in [4.78, 5) is 26.8. The van der Waals surface area contributed by atoms with Crippen LogP contribution in [-0.2, 0) is 4.79 Å². The SMILES string of the molecule is O=C1N=c2cc(Cl)ccc2=C1CC/C=C/c1ccc(C(=O)O)cc1. The van der Waals surface area contributed by atoms with Gasteiger partial charge in [-0.05, 0) is 42.7 Å². The topological polar surface area (TPSA) is 66.7 Å². The van der Waals surface area contributed by atoms with E-state index in [9.17, 15) is 9.59 Å². The van der Waals surface area contributed by atoms with E-state index in [1.165, 1.54) is 0 Å². The predicted octanol–water partition coefficient (Wildman–Crippen LogP) is 2.84. The second kappa shape index (κ2) is 6.81. The number of rotatable bonds is 5. The summed E-state index contributed by atoms with van der Waals surface area (Å²) in [6, 6.07) is 11.9. The van der Waals surface area contributed by atoms with Crippen molar-refractivity contribution < 1.29 is 14.7 Å². The van der Waals surface area contributed by atoms with Gasteiger partial charge in [-0.2, -0.15) is 0 Å². The monoisotopic (exact) mass is 339 g/mol. The van der Waals surface area contributed by atoms with Crippen LogP contribution in [0.15, 0.2) is 53.5 Å². The number of allylic oxidation sites excluding steroid dienone is 1. The Morgan fingerprint density at radius 1 is 1.17 bits per heavy atom. The number of fused-ring (bicyclic) bond motifs is 1. The van der Waals surface area contributed by atoms with E-state index in [1.54, 1.807) is 36.4 Å². The van der Waals surface area contributed by atoms with Crippen molar-refractivity contribution in [1.29, 1.82) is 0 Å². The van der Waals surface area contributed by atoms with Gasteiger partial charge >= 0.3 is 5.97 Å². The second-order valence-corrected chi connectivity index (χ2v) is 5.86. The van der Waals surface area contributed by atoms with Crippen LogP contribution in [-0.4, -0.2) is 17.0 Å². The Labute approximate surface area is 143 Å².